The zero-order valence-corrected chi connectivity index (χ0v) is 12.1. The largest absolute Gasteiger partial charge is 0.455 e. The fraction of sp³-hybridized carbons (Fsp3) is 0.0667. The van der Waals surface area contributed by atoms with Gasteiger partial charge in [-0.1, -0.05) is 24.3 Å². The first-order valence-corrected chi connectivity index (χ1v) is 7.22. The molecule has 0 amide bonds. The van der Waals surface area contributed by atoms with Crippen molar-refractivity contribution in [2.24, 2.45) is 0 Å². The molecule has 7 heteroatoms. The number of esters is 1. The van der Waals surface area contributed by atoms with Crippen molar-refractivity contribution in [1.29, 1.82) is 0 Å². The van der Waals surface area contributed by atoms with E-state index in [1.807, 2.05) is 24.3 Å². The minimum Gasteiger partial charge on any atom is -0.455 e. The molecule has 22 heavy (non-hydrogen) atoms. The molecule has 0 spiro atoms. The number of rotatable bonds is 4. The topological polar surface area (TPSA) is 82.3 Å². The summed E-state index contributed by atoms with van der Waals surface area (Å²) in [5.74, 6) is -0.730. The maximum Gasteiger partial charge on any atom is 0.345 e. The van der Waals surface area contributed by atoms with Crippen molar-refractivity contribution >= 4 is 33.2 Å². The number of benzene rings is 2. The number of nitro benzene ring substituents is 1. The van der Waals surface area contributed by atoms with Gasteiger partial charge < -0.3 is 4.74 Å². The summed E-state index contributed by atoms with van der Waals surface area (Å²) >= 11 is 1.42. The molecule has 0 fully saturated rings. The Morgan fingerprint density at radius 1 is 1.18 bits per heavy atom. The van der Waals surface area contributed by atoms with Crippen molar-refractivity contribution in [2.75, 3.05) is 0 Å². The van der Waals surface area contributed by atoms with Gasteiger partial charge in [-0.2, -0.15) is 0 Å². The fourth-order valence-electron chi connectivity index (χ4n) is 1.99. The van der Waals surface area contributed by atoms with Gasteiger partial charge in [-0.05, 0) is 18.2 Å². The van der Waals surface area contributed by atoms with Crippen LogP contribution >= 0.6 is 11.3 Å². The summed E-state index contributed by atoms with van der Waals surface area (Å²) in [6, 6.07) is 13.3. The van der Waals surface area contributed by atoms with Crippen LogP contribution in [0.25, 0.3) is 10.2 Å². The molecule has 0 atom stereocenters. The van der Waals surface area contributed by atoms with Gasteiger partial charge in [-0.25, -0.2) is 9.78 Å². The van der Waals surface area contributed by atoms with Crippen LogP contribution in [-0.2, 0) is 11.3 Å². The van der Waals surface area contributed by atoms with Crippen LogP contribution in [0.2, 0.25) is 0 Å². The zero-order valence-electron chi connectivity index (χ0n) is 11.3. The second kappa shape index (κ2) is 5.90. The van der Waals surface area contributed by atoms with Crippen molar-refractivity contribution in [2.45, 2.75) is 6.61 Å². The molecule has 2 aromatic carbocycles. The molecule has 110 valence electrons. The molecular weight excluding hydrogens is 304 g/mol. The molecule has 1 heterocycles. The van der Waals surface area contributed by atoms with Crippen LogP contribution in [0.5, 0.6) is 0 Å². The minimum atomic E-state index is -0.730. The van der Waals surface area contributed by atoms with Gasteiger partial charge in [0.25, 0.3) is 5.69 Å². The lowest BCUT2D eigenvalue weighted by molar-refractivity contribution is -0.385. The molecule has 0 aliphatic rings. The van der Waals surface area contributed by atoms with E-state index in [0.29, 0.717) is 5.01 Å². The highest BCUT2D eigenvalue weighted by Crippen LogP contribution is 2.23. The SMILES string of the molecule is O=C(OCc1nc2ccccc2s1)c1ccccc1[N+](=O)[O-]. The van der Waals surface area contributed by atoms with Crippen LogP contribution in [0.4, 0.5) is 5.69 Å². The molecule has 0 aliphatic carbocycles. The van der Waals surface area contributed by atoms with Crippen molar-refractivity contribution in [3.63, 3.8) is 0 Å². The van der Waals surface area contributed by atoms with E-state index >= 15 is 0 Å². The molecule has 6 nitrogen and oxygen atoms in total. The van der Waals surface area contributed by atoms with Crippen LogP contribution < -0.4 is 0 Å². The Morgan fingerprint density at radius 3 is 2.68 bits per heavy atom. The number of nitro groups is 1. The Bertz CT molecular complexity index is 826. The number of hydrogen-bond donors (Lipinski definition) is 0. The number of nitrogens with zero attached hydrogens (tertiary/aromatic N) is 2. The summed E-state index contributed by atoms with van der Waals surface area (Å²) in [6.07, 6.45) is 0. The van der Waals surface area contributed by atoms with Gasteiger partial charge in [0.05, 0.1) is 15.1 Å². The molecule has 0 radical (unpaired) electrons. The predicted octanol–water partition coefficient (Wildman–Crippen LogP) is 3.56. The first kappa shape index (κ1) is 14.2. The molecule has 0 N–H and O–H groups in total. The average Bonchev–Trinajstić information content (AvgIpc) is 2.95. The van der Waals surface area contributed by atoms with E-state index in [2.05, 4.69) is 4.98 Å². The Hall–Kier alpha value is -2.80. The Morgan fingerprint density at radius 2 is 1.91 bits per heavy atom. The number of para-hydroxylation sites is 2. The van der Waals surface area contributed by atoms with E-state index in [1.165, 1.54) is 29.5 Å². The van der Waals surface area contributed by atoms with Crippen molar-refractivity contribution < 1.29 is 14.5 Å². The number of aromatic nitrogens is 1. The molecule has 3 aromatic rings. The normalized spacial score (nSPS) is 10.5. The quantitative estimate of drug-likeness (QED) is 0.418. The van der Waals surface area contributed by atoms with Crippen LogP contribution in [0.15, 0.2) is 48.5 Å². The molecule has 1 aromatic heterocycles. The van der Waals surface area contributed by atoms with Gasteiger partial charge in [-0.3, -0.25) is 10.1 Å². The van der Waals surface area contributed by atoms with Gasteiger partial charge in [0.15, 0.2) is 0 Å². The summed E-state index contributed by atoms with van der Waals surface area (Å²) in [4.78, 5) is 26.7. The number of thiazole rings is 1. The molecule has 3 rings (SSSR count). The number of carbonyl (C=O) groups excluding carboxylic acids is 1. The fourth-order valence-corrected chi connectivity index (χ4v) is 2.87. The molecular formula is C15H10N2O4S. The first-order chi connectivity index (χ1) is 10.6. The van der Waals surface area contributed by atoms with E-state index in [4.69, 9.17) is 4.74 Å². The second-order valence-electron chi connectivity index (χ2n) is 4.43. The van der Waals surface area contributed by atoms with Gasteiger partial charge in [0, 0.05) is 6.07 Å². The highest BCUT2D eigenvalue weighted by Gasteiger charge is 2.20. The average molecular weight is 314 g/mol. The summed E-state index contributed by atoms with van der Waals surface area (Å²) < 4.78 is 6.14. The van der Waals surface area contributed by atoms with Gasteiger partial charge >= 0.3 is 5.97 Å². The van der Waals surface area contributed by atoms with Crippen LogP contribution in [-0.4, -0.2) is 15.9 Å². The lowest BCUT2D eigenvalue weighted by Gasteiger charge is -2.03. The van der Waals surface area contributed by atoms with E-state index in [9.17, 15) is 14.9 Å². The molecule has 0 aliphatic heterocycles. The summed E-state index contributed by atoms with van der Waals surface area (Å²) in [6.45, 7) is -0.00969. The van der Waals surface area contributed by atoms with Crippen LogP contribution in [0.3, 0.4) is 0 Å². The predicted molar refractivity (Wildman–Crippen MR) is 81.8 cm³/mol. The number of carbonyl (C=O) groups is 1. The Balaban J connectivity index is 1.76. The van der Waals surface area contributed by atoms with Crippen molar-refractivity contribution in [3.05, 3.63) is 69.2 Å². The minimum absolute atomic E-state index is 0.00969. The highest BCUT2D eigenvalue weighted by molar-refractivity contribution is 7.18. The van der Waals surface area contributed by atoms with E-state index in [-0.39, 0.29) is 17.9 Å². The number of ether oxygens (including phenoxy) is 1. The highest BCUT2D eigenvalue weighted by atomic mass is 32.1. The summed E-state index contributed by atoms with van der Waals surface area (Å²) in [7, 11) is 0. The maximum atomic E-state index is 12.0. The van der Waals surface area contributed by atoms with E-state index in [1.54, 1.807) is 6.07 Å². The van der Waals surface area contributed by atoms with E-state index in [0.717, 1.165) is 10.2 Å². The van der Waals surface area contributed by atoms with Gasteiger partial charge in [-0.15, -0.1) is 11.3 Å². The summed E-state index contributed by atoms with van der Waals surface area (Å²) in [5.41, 5.74) is 0.509. The van der Waals surface area contributed by atoms with Crippen molar-refractivity contribution in [1.82, 2.24) is 4.98 Å². The first-order valence-electron chi connectivity index (χ1n) is 6.40. The Labute approximate surface area is 129 Å². The third-order valence-corrected chi connectivity index (χ3v) is 4.00. The lowest BCUT2D eigenvalue weighted by Crippen LogP contribution is -2.08. The molecule has 0 saturated carbocycles. The third kappa shape index (κ3) is 2.79. The number of fused-ring (bicyclic) bond motifs is 1. The van der Waals surface area contributed by atoms with Gasteiger partial charge in [0.2, 0.25) is 0 Å². The van der Waals surface area contributed by atoms with Gasteiger partial charge in [0.1, 0.15) is 17.2 Å². The van der Waals surface area contributed by atoms with Crippen molar-refractivity contribution in [3.8, 4) is 0 Å². The molecule has 0 saturated heterocycles. The smallest absolute Gasteiger partial charge is 0.345 e. The maximum absolute atomic E-state index is 12.0. The second-order valence-corrected chi connectivity index (χ2v) is 5.54. The van der Waals surface area contributed by atoms with E-state index < -0.39 is 10.9 Å². The van der Waals surface area contributed by atoms with Crippen LogP contribution in [0, 0.1) is 10.1 Å². The number of hydrogen-bond acceptors (Lipinski definition) is 6. The Kier molecular flexibility index (Phi) is 3.80. The zero-order chi connectivity index (χ0) is 15.5. The molecule has 0 bridgehead atoms. The standard InChI is InChI=1S/C15H10N2O4S/c18-15(10-5-1-3-7-12(10)17(19)20)21-9-14-16-11-6-2-4-8-13(11)22-14/h1-8H,9H2. The summed E-state index contributed by atoms with van der Waals surface area (Å²) in [5, 5.41) is 11.6. The van der Waals surface area contributed by atoms with Crippen LogP contribution in [0.1, 0.15) is 15.4 Å². The lowest BCUT2D eigenvalue weighted by atomic mass is 10.2. The third-order valence-electron chi connectivity index (χ3n) is 2.99. The molecule has 0 unspecified atom stereocenters. The monoisotopic (exact) mass is 314 g/mol.